The molecule has 68 heavy (non-hydrogen) atoms. The van der Waals surface area contributed by atoms with Crippen molar-refractivity contribution in [2.24, 2.45) is 0 Å². The van der Waals surface area contributed by atoms with E-state index in [2.05, 4.69) is 124 Å². The zero-order valence-electron chi connectivity index (χ0n) is 36.5. The number of nitrogens with zero attached hydrogens (tertiary/aromatic N) is 8. The Morgan fingerprint density at radius 3 is 1.06 bits per heavy atom. The summed E-state index contributed by atoms with van der Waals surface area (Å²) in [6.07, 6.45) is 0. The standard InChI is InChI=1S/C60H38N8/c1-5-18-39(19-6-1)45-26-17-27-46(38-45)67-51-30-15-13-28-47(51)49-36-37-50-48-29-14-16-31-52(48)68(54(50)53(49)67)60-65-58(42-24-11-4-12-25-42)64-59(66-60)44-34-32-43(33-35-44)57-62-55(40-20-7-2-8-21-40)61-56(63-57)41-22-9-3-10-23-41/h1-38H. The molecule has 0 radical (unpaired) electrons. The van der Waals surface area contributed by atoms with E-state index in [-0.39, 0.29) is 0 Å². The predicted octanol–water partition coefficient (Wildman–Crippen LogP) is 14.3. The van der Waals surface area contributed by atoms with Crippen LogP contribution in [0.25, 0.3) is 123 Å². The lowest BCUT2D eigenvalue weighted by Gasteiger charge is -2.14. The van der Waals surface area contributed by atoms with E-state index in [4.69, 9.17) is 29.9 Å². The van der Waals surface area contributed by atoms with Gasteiger partial charge in [0.1, 0.15) is 0 Å². The molecule has 0 spiro atoms. The molecule has 8 heteroatoms. The Kier molecular flexibility index (Phi) is 9.31. The summed E-state index contributed by atoms with van der Waals surface area (Å²) in [6, 6.07) is 79.4. The molecule has 13 rings (SSSR count). The van der Waals surface area contributed by atoms with Gasteiger partial charge in [0.25, 0.3) is 0 Å². The normalized spacial score (nSPS) is 11.5. The van der Waals surface area contributed by atoms with E-state index in [9.17, 15) is 0 Å². The smallest absolute Gasteiger partial charge is 0.238 e. The average Bonchev–Trinajstić information content (AvgIpc) is 3.95. The highest BCUT2D eigenvalue weighted by Gasteiger charge is 2.24. The number of aromatic nitrogens is 8. The zero-order valence-corrected chi connectivity index (χ0v) is 36.5. The SMILES string of the molecule is c1ccc(-c2cccc(-n3c4ccccc4c4ccc5c6ccccc6n(-c6nc(-c7ccccc7)nc(-c7ccc(-c8nc(-c9ccccc9)nc(-c9ccccc9)n8)cc7)n6)c5c43)c2)cc1. The largest absolute Gasteiger partial charge is 0.307 e. The van der Waals surface area contributed by atoms with Gasteiger partial charge in [0.15, 0.2) is 29.1 Å². The third-order valence-electron chi connectivity index (χ3n) is 12.6. The van der Waals surface area contributed by atoms with Crippen molar-refractivity contribution in [1.82, 2.24) is 39.0 Å². The molecule has 0 atom stereocenters. The van der Waals surface area contributed by atoms with Crippen molar-refractivity contribution in [2.75, 3.05) is 0 Å². The number of benzene rings is 9. The average molecular weight is 871 g/mol. The van der Waals surface area contributed by atoms with E-state index < -0.39 is 0 Å². The van der Waals surface area contributed by atoms with Gasteiger partial charge in [-0.05, 0) is 35.4 Å². The van der Waals surface area contributed by atoms with Gasteiger partial charge in [-0.1, -0.05) is 206 Å². The fourth-order valence-electron chi connectivity index (χ4n) is 9.45. The Morgan fingerprint density at radius 1 is 0.235 bits per heavy atom. The van der Waals surface area contributed by atoms with E-state index in [0.717, 1.165) is 88.2 Å². The van der Waals surface area contributed by atoms with Crippen LogP contribution in [0.3, 0.4) is 0 Å². The summed E-state index contributed by atoms with van der Waals surface area (Å²) in [5.74, 6) is 3.42. The van der Waals surface area contributed by atoms with Crippen LogP contribution in [0, 0.1) is 0 Å². The first-order valence-corrected chi connectivity index (χ1v) is 22.6. The van der Waals surface area contributed by atoms with Gasteiger partial charge in [0, 0.05) is 55.0 Å². The molecule has 0 N–H and O–H groups in total. The van der Waals surface area contributed by atoms with Crippen molar-refractivity contribution in [2.45, 2.75) is 0 Å². The number of hydrogen-bond donors (Lipinski definition) is 0. The Hall–Kier alpha value is -9.40. The first-order valence-electron chi connectivity index (χ1n) is 22.6. The maximum absolute atomic E-state index is 5.39. The Balaban J connectivity index is 1.03. The topological polar surface area (TPSA) is 87.2 Å². The van der Waals surface area contributed by atoms with Crippen LogP contribution in [-0.2, 0) is 0 Å². The Labute approximate surface area is 391 Å². The van der Waals surface area contributed by atoms with Crippen molar-refractivity contribution >= 4 is 43.6 Å². The molecule has 4 heterocycles. The molecule has 0 saturated heterocycles. The number of fused-ring (bicyclic) bond motifs is 7. The van der Waals surface area contributed by atoms with Gasteiger partial charge >= 0.3 is 0 Å². The fourth-order valence-corrected chi connectivity index (χ4v) is 9.45. The molecule has 0 aliphatic rings. The number of rotatable bonds is 8. The molecular weight excluding hydrogens is 833 g/mol. The summed E-state index contributed by atoms with van der Waals surface area (Å²) >= 11 is 0. The van der Waals surface area contributed by atoms with Gasteiger partial charge in [-0.2, -0.15) is 9.97 Å². The van der Waals surface area contributed by atoms with Crippen LogP contribution in [0.4, 0.5) is 0 Å². The number of hydrogen-bond acceptors (Lipinski definition) is 6. The van der Waals surface area contributed by atoms with Gasteiger partial charge in [-0.25, -0.2) is 19.9 Å². The number of para-hydroxylation sites is 2. The van der Waals surface area contributed by atoms with E-state index in [0.29, 0.717) is 35.1 Å². The monoisotopic (exact) mass is 870 g/mol. The van der Waals surface area contributed by atoms with Crippen molar-refractivity contribution in [3.8, 4) is 79.7 Å². The highest BCUT2D eigenvalue weighted by Crippen LogP contribution is 2.42. The molecular formula is C60H38N8. The molecule has 0 fully saturated rings. The van der Waals surface area contributed by atoms with Gasteiger partial charge < -0.3 is 4.57 Å². The van der Waals surface area contributed by atoms with Crippen molar-refractivity contribution < 1.29 is 0 Å². The maximum Gasteiger partial charge on any atom is 0.238 e. The van der Waals surface area contributed by atoms with Gasteiger partial charge in [0.05, 0.1) is 22.1 Å². The molecule has 0 amide bonds. The maximum atomic E-state index is 5.39. The first kappa shape index (κ1) is 39.0. The minimum atomic E-state index is 0.518. The van der Waals surface area contributed by atoms with Crippen LogP contribution in [0.2, 0.25) is 0 Å². The van der Waals surface area contributed by atoms with Crippen LogP contribution in [-0.4, -0.2) is 39.0 Å². The summed E-state index contributed by atoms with van der Waals surface area (Å²) in [7, 11) is 0. The minimum absolute atomic E-state index is 0.518. The molecule has 8 nitrogen and oxygen atoms in total. The van der Waals surface area contributed by atoms with E-state index in [1.54, 1.807) is 0 Å². The lowest BCUT2D eigenvalue weighted by atomic mass is 10.1. The predicted molar refractivity (Wildman–Crippen MR) is 275 cm³/mol. The summed E-state index contributed by atoms with van der Waals surface area (Å²) < 4.78 is 4.64. The first-order chi connectivity index (χ1) is 33.7. The van der Waals surface area contributed by atoms with Crippen molar-refractivity contribution in [3.05, 3.63) is 231 Å². The second-order valence-corrected chi connectivity index (χ2v) is 16.7. The molecule has 9 aromatic carbocycles. The molecule has 0 saturated carbocycles. The lowest BCUT2D eigenvalue weighted by Crippen LogP contribution is -2.07. The fraction of sp³-hybridized carbons (Fsp3) is 0. The lowest BCUT2D eigenvalue weighted by molar-refractivity contribution is 0.953. The van der Waals surface area contributed by atoms with Crippen LogP contribution in [0.5, 0.6) is 0 Å². The molecule has 0 bridgehead atoms. The van der Waals surface area contributed by atoms with Gasteiger partial charge in [-0.3, -0.25) is 4.57 Å². The van der Waals surface area contributed by atoms with Crippen LogP contribution < -0.4 is 0 Å². The minimum Gasteiger partial charge on any atom is -0.307 e. The second-order valence-electron chi connectivity index (χ2n) is 16.7. The van der Waals surface area contributed by atoms with E-state index >= 15 is 0 Å². The second kappa shape index (κ2) is 16.2. The Morgan fingerprint density at radius 2 is 0.588 bits per heavy atom. The van der Waals surface area contributed by atoms with E-state index in [1.165, 1.54) is 0 Å². The third kappa shape index (κ3) is 6.70. The zero-order chi connectivity index (χ0) is 45.0. The molecule has 13 aromatic rings. The Bertz CT molecular complexity index is 3940. The van der Waals surface area contributed by atoms with Crippen molar-refractivity contribution in [3.63, 3.8) is 0 Å². The molecule has 0 aliphatic carbocycles. The summed E-state index contributed by atoms with van der Waals surface area (Å²) in [4.78, 5) is 30.8. The van der Waals surface area contributed by atoms with Gasteiger partial charge in [-0.15, -0.1) is 0 Å². The van der Waals surface area contributed by atoms with E-state index in [1.807, 2.05) is 115 Å². The highest BCUT2D eigenvalue weighted by atomic mass is 15.2. The molecule has 0 aliphatic heterocycles. The molecule has 4 aromatic heterocycles. The van der Waals surface area contributed by atoms with Crippen LogP contribution in [0.1, 0.15) is 0 Å². The van der Waals surface area contributed by atoms with Crippen LogP contribution >= 0.6 is 0 Å². The quantitative estimate of drug-likeness (QED) is 0.151. The third-order valence-corrected chi connectivity index (χ3v) is 12.6. The summed E-state index contributed by atoms with van der Waals surface area (Å²) in [5.41, 5.74) is 11.9. The summed E-state index contributed by atoms with van der Waals surface area (Å²) in [5, 5.41) is 4.51. The van der Waals surface area contributed by atoms with Crippen molar-refractivity contribution in [1.29, 1.82) is 0 Å². The molecule has 318 valence electrons. The van der Waals surface area contributed by atoms with Crippen LogP contribution in [0.15, 0.2) is 231 Å². The van der Waals surface area contributed by atoms with Gasteiger partial charge in [0.2, 0.25) is 5.95 Å². The molecule has 0 unspecified atom stereocenters. The summed E-state index contributed by atoms with van der Waals surface area (Å²) in [6.45, 7) is 0. The highest BCUT2D eigenvalue weighted by molar-refractivity contribution is 6.23.